The fraction of sp³-hybridized carbons (Fsp3) is 0.308. The van der Waals surface area contributed by atoms with Gasteiger partial charge in [-0.05, 0) is 84.7 Å². The molecule has 0 radical (unpaired) electrons. The third-order valence-corrected chi connectivity index (χ3v) is 9.00. The number of anilines is 2. The van der Waals surface area contributed by atoms with Crippen LogP contribution in [0.15, 0.2) is 97.1 Å². The molecule has 0 saturated carbocycles. The van der Waals surface area contributed by atoms with Crippen LogP contribution in [0.25, 0.3) is 22.5 Å². The Bertz CT molecular complexity index is 1900. The number of carbonyl (C=O) groups is 2. The van der Waals surface area contributed by atoms with Crippen molar-refractivity contribution in [2.75, 3.05) is 16.8 Å². The minimum absolute atomic E-state index is 0.00743. The normalized spacial score (nSPS) is 17.2. The van der Waals surface area contributed by atoms with Crippen LogP contribution in [-0.2, 0) is 29.0 Å². The summed E-state index contributed by atoms with van der Waals surface area (Å²) >= 11 is 0. The van der Waals surface area contributed by atoms with Gasteiger partial charge in [0.25, 0.3) is 0 Å². The summed E-state index contributed by atoms with van der Waals surface area (Å²) in [6.45, 7) is 5.26. The Balaban J connectivity index is 0.000000278. The zero-order valence-corrected chi connectivity index (χ0v) is 28.6. The minimum Gasteiger partial charge on any atom is -0.365 e. The van der Waals surface area contributed by atoms with Crippen molar-refractivity contribution in [2.24, 2.45) is 11.5 Å². The van der Waals surface area contributed by atoms with Crippen LogP contribution in [0.2, 0.25) is 0 Å². The smallest absolute Gasteiger partial charge is 0.241 e. The van der Waals surface area contributed by atoms with Gasteiger partial charge in [-0.3, -0.25) is 9.59 Å². The first-order valence-corrected chi connectivity index (χ1v) is 17.1. The van der Waals surface area contributed by atoms with Gasteiger partial charge in [0.15, 0.2) is 0 Å². The van der Waals surface area contributed by atoms with E-state index in [0.717, 1.165) is 61.2 Å². The van der Waals surface area contributed by atoms with E-state index in [1.807, 2.05) is 56.3 Å². The van der Waals surface area contributed by atoms with Crippen molar-refractivity contribution >= 4 is 23.2 Å². The SMILES string of the molecule is CC(C)(N)CC(=O)NC1CCc2ccccc2N(Cc2ccc(-c3ccccc3-c3nn[nH]n3)cc2)C1.NC1CCc2ccccc2NC1=O. The van der Waals surface area contributed by atoms with E-state index in [4.69, 9.17) is 11.5 Å². The van der Waals surface area contributed by atoms with E-state index in [1.165, 1.54) is 22.4 Å². The molecule has 0 fully saturated rings. The number of nitrogens with two attached hydrogens (primary N) is 2. The summed E-state index contributed by atoms with van der Waals surface area (Å²) in [4.78, 5) is 26.4. The number of aromatic amines is 1. The number of benzene rings is 4. The number of fused-ring (bicyclic) bond motifs is 2. The zero-order chi connectivity index (χ0) is 35.1. The third-order valence-electron chi connectivity index (χ3n) is 9.00. The second kappa shape index (κ2) is 15.4. The van der Waals surface area contributed by atoms with Crippen molar-refractivity contribution in [3.05, 3.63) is 114 Å². The van der Waals surface area contributed by atoms with Crippen molar-refractivity contribution in [3.63, 3.8) is 0 Å². The molecule has 7 rings (SSSR count). The summed E-state index contributed by atoms with van der Waals surface area (Å²) in [6.07, 6.45) is 3.73. The molecule has 2 atom stereocenters. The Labute approximate surface area is 292 Å². The topological polar surface area (TPSA) is 168 Å². The lowest BCUT2D eigenvalue weighted by molar-refractivity contribution is -0.122. The third kappa shape index (κ3) is 8.79. The van der Waals surface area contributed by atoms with E-state index in [0.29, 0.717) is 12.2 Å². The summed E-state index contributed by atoms with van der Waals surface area (Å²) in [6, 6.07) is 32.7. The number of aryl methyl sites for hydroxylation is 2. The first kappa shape index (κ1) is 34.5. The molecule has 0 spiro atoms. The van der Waals surface area contributed by atoms with Crippen molar-refractivity contribution in [1.82, 2.24) is 25.9 Å². The molecule has 258 valence electrons. The lowest BCUT2D eigenvalue weighted by Crippen LogP contribution is -2.46. The summed E-state index contributed by atoms with van der Waals surface area (Å²) in [5, 5.41) is 20.6. The highest BCUT2D eigenvalue weighted by Gasteiger charge is 2.25. The number of H-pyrrole nitrogens is 1. The van der Waals surface area contributed by atoms with Crippen LogP contribution < -0.4 is 27.0 Å². The van der Waals surface area contributed by atoms with Gasteiger partial charge in [0.05, 0.1) is 6.04 Å². The lowest BCUT2D eigenvalue weighted by atomic mass is 9.98. The van der Waals surface area contributed by atoms with Crippen LogP contribution in [0.4, 0.5) is 11.4 Å². The Kier molecular flexibility index (Phi) is 10.6. The number of amides is 2. The maximum absolute atomic E-state index is 12.6. The standard InChI is InChI=1S/C29H33N7O.C10H12N2O/c1-29(2,30)17-27(37)31-23-16-15-22-7-3-6-10-26(22)36(19-23)18-20-11-13-21(14-12-20)24-8-4-5-9-25(24)28-32-34-35-33-28;11-8-6-5-7-3-1-2-4-9(7)12-10(8)13/h3-14,23H,15-19,30H2,1-2H3,(H,31,37)(H,32,33,34,35);1-4,8H,5-6,11H2,(H,12,13). The maximum atomic E-state index is 12.6. The Morgan fingerprint density at radius 3 is 2.32 bits per heavy atom. The van der Waals surface area contributed by atoms with E-state index in [2.05, 4.69) is 90.8 Å². The zero-order valence-electron chi connectivity index (χ0n) is 28.6. The van der Waals surface area contributed by atoms with Crippen LogP contribution in [0.3, 0.4) is 0 Å². The molecule has 0 aliphatic carbocycles. The molecule has 2 amide bonds. The van der Waals surface area contributed by atoms with Crippen molar-refractivity contribution in [2.45, 2.75) is 70.1 Å². The molecule has 0 bridgehead atoms. The molecular weight excluding hydrogens is 626 g/mol. The van der Waals surface area contributed by atoms with Gasteiger partial charge in [-0.15, -0.1) is 10.2 Å². The van der Waals surface area contributed by atoms with Gasteiger partial charge < -0.3 is 27.0 Å². The average Bonchev–Trinajstić information content (AvgIpc) is 3.54. The van der Waals surface area contributed by atoms with Crippen LogP contribution in [0, 0.1) is 0 Å². The quantitative estimate of drug-likeness (QED) is 0.161. The summed E-state index contributed by atoms with van der Waals surface area (Å²) in [7, 11) is 0. The molecule has 50 heavy (non-hydrogen) atoms. The van der Waals surface area contributed by atoms with Crippen molar-refractivity contribution < 1.29 is 9.59 Å². The molecule has 11 nitrogen and oxygen atoms in total. The first-order valence-electron chi connectivity index (χ1n) is 17.1. The molecule has 0 saturated heterocycles. The molecular formula is C39H45N9O2. The Hall–Kier alpha value is -5.39. The van der Waals surface area contributed by atoms with Gasteiger partial charge in [0, 0.05) is 48.0 Å². The maximum Gasteiger partial charge on any atom is 0.241 e. The largest absolute Gasteiger partial charge is 0.365 e. The molecule has 7 N–H and O–H groups in total. The number of rotatable bonds is 7. The van der Waals surface area contributed by atoms with E-state index in [-0.39, 0.29) is 23.9 Å². The van der Waals surface area contributed by atoms with E-state index < -0.39 is 5.54 Å². The summed E-state index contributed by atoms with van der Waals surface area (Å²) in [5.41, 5.74) is 20.1. The molecule has 2 aliphatic rings. The molecule has 5 aromatic rings. The number of para-hydroxylation sites is 2. The van der Waals surface area contributed by atoms with E-state index in [9.17, 15) is 9.59 Å². The summed E-state index contributed by atoms with van der Waals surface area (Å²) in [5.74, 6) is 0.505. The van der Waals surface area contributed by atoms with Gasteiger partial charge in [-0.1, -0.05) is 84.9 Å². The molecule has 3 heterocycles. The van der Waals surface area contributed by atoms with Gasteiger partial charge in [0.1, 0.15) is 0 Å². The Morgan fingerprint density at radius 1 is 0.900 bits per heavy atom. The Morgan fingerprint density at radius 2 is 1.58 bits per heavy atom. The van der Waals surface area contributed by atoms with Crippen LogP contribution >= 0.6 is 0 Å². The summed E-state index contributed by atoms with van der Waals surface area (Å²) < 4.78 is 0. The highest BCUT2D eigenvalue weighted by molar-refractivity contribution is 5.96. The molecule has 2 aliphatic heterocycles. The second-order valence-corrected chi connectivity index (χ2v) is 13.7. The second-order valence-electron chi connectivity index (χ2n) is 13.7. The number of carbonyl (C=O) groups excluding carboxylic acids is 2. The van der Waals surface area contributed by atoms with Crippen LogP contribution in [0.1, 0.15) is 49.8 Å². The number of nitrogens with one attached hydrogen (secondary N) is 3. The van der Waals surface area contributed by atoms with Gasteiger partial charge in [0.2, 0.25) is 17.6 Å². The average molecular weight is 672 g/mol. The van der Waals surface area contributed by atoms with E-state index in [1.54, 1.807) is 0 Å². The number of nitrogens with zero attached hydrogens (tertiary/aromatic N) is 4. The lowest BCUT2D eigenvalue weighted by Gasteiger charge is -2.29. The van der Waals surface area contributed by atoms with Gasteiger partial charge in [-0.25, -0.2) is 0 Å². The van der Waals surface area contributed by atoms with Crippen molar-refractivity contribution in [1.29, 1.82) is 0 Å². The minimum atomic E-state index is -0.526. The number of hydrogen-bond donors (Lipinski definition) is 5. The monoisotopic (exact) mass is 671 g/mol. The van der Waals surface area contributed by atoms with Crippen LogP contribution in [0.5, 0.6) is 0 Å². The van der Waals surface area contributed by atoms with Gasteiger partial charge in [-0.2, -0.15) is 5.21 Å². The fourth-order valence-corrected chi connectivity index (χ4v) is 6.52. The predicted octanol–water partition coefficient (Wildman–Crippen LogP) is 5.00. The number of aromatic nitrogens is 4. The number of hydrogen-bond acceptors (Lipinski definition) is 8. The van der Waals surface area contributed by atoms with Crippen molar-refractivity contribution in [3.8, 4) is 22.5 Å². The molecule has 11 heteroatoms. The predicted molar refractivity (Wildman–Crippen MR) is 197 cm³/mol. The van der Waals surface area contributed by atoms with Gasteiger partial charge >= 0.3 is 0 Å². The number of tetrazole rings is 1. The van der Waals surface area contributed by atoms with E-state index >= 15 is 0 Å². The van der Waals surface area contributed by atoms with Crippen LogP contribution in [-0.4, -0.2) is 56.6 Å². The highest BCUT2D eigenvalue weighted by Crippen LogP contribution is 2.31. The molecule has 2 unspecified atom stereocenters. The first-order chi connectivity index (χ1) is 24.1. The molecule has 4 aromatic carbocycles. The molecule has 1 aromatic heterocycles. The highest BCUT2D eigenvalue weighted by atomic mass is 16.2. The fourth-order valence-electron chi connectivity index (χ4n) is 6.52.